The molecule has 2 N–H and O–H groups in total. The van der Waals surface area contributed by atoms with Gasteiger partial charge < -0.3 is 15.4 Å². The van der Waals surface area contributed by atoms with Gasteiger partial charge in [-0.1, -0.05) is 19.9 Å². The number of amides is 2. The van der Waals surface area contributed by atoms with E-state index in [1.807, 2.05) is 0 Å². The third-order valence-electron chi connectivity index (χ3n) is 3.51. The summed E-state index contributed by atoms with van der Waals surface area (Å²) >= 11 is 0. The van der Waals surface area contributed by atoms with Crippen molar-refractivity contribution in [1.29, 1.82) is 0 Å². The summed E-state index contributed by atoms with van der Waals surface area (Å²) in [4.78, 5) is 28.3. The number of benzene rings is 1. The first-order valence-electron chi connectivity index (χ1n) is 8.73. The Balaban J connectivity index is 1.82. The molecule has 1 aromatic carbocycles. The smallest absolute Gasteiger partial charge is 0.257 e. The average molecular weight is 355 g/mol. The van der Waals surface area contributed by atoms with Crippen molar-refractivity contribution in [1.82, 2.24) is 10.3 Å². The summed E-state index contributed by atoms with van der Waals surface area (Å²) in [5.74, 6) is 0.0681. The van der Waals surface area contributed by atoms with Crippen molar-refractivity contribution in [2.45, 2.75) is 20.3 Å². The fraction of sp³-hybridized carbons (Fsp3) is 0.350. The van der Waals surface area contributed by atoms with Crippen LogP contribution in [0, 0.1) is 5.92 Å². The molecule has 2 rings (SSSR count). The fourth-order valence-corrected chi connectivity index (χ4v) is 2.24. The Bertz CT molecular complexity index is 717. The van der Waals surface area contributed by atoms with Crippen LogP contribution in [0.1, 0.15) is 41.0 Å². The van der Waals surface area contributed by atoms with E-state index in [-0.39, 0.29) is 11.8 Å². The highest BCUT2D eigenvalue weighted by Gasteiger charge is 2.09. The van der Waals surface area contributed by atoms with Crippen LogP contribution in [-0.2, 0) is 4.74 Å². The Morgan fingerprint density at radius 1 is 1.12 bits per heavy atom. The van der Waals surface area contributed by atoms with Crippen LogP contribution in [-0.4, -0.2) is 36.6 Å². The molecule has 0 bridgehead atoms. The maximum atomic E-state index is 12.2. The second kappa shape index (κ2) is 10.3. The Kier molecular flexibility index (Phi) is 7.76. The monoisotopic (exact) mass is 355 g/mol. The summed E-state index contributed by atoms with van der Waals surface area (Å²) in [6, 6.07) is 10.2. The second-order valence-corrected chi connectivity index (χ2v) is 6.35. The number of ether oxygens (including phenoxy) is 1. The zero-order valence-electron chi connectivity index (χ0n) is 15.2. The predicted octanol–water partition coefficient (Wildman–Crippen LogP) is 3.13. The van der Waals surface area contributed by atoms with Crippen molar-refractivity contribution in [2.75, 3.05) is 25.1 Å². The van der Waals surface area contributed by atoms with Gasteiger partial charge in [-0.3, -0.25) is 14.6 Å². The molecule has 0 spiro atoms. The zero-order chi connectivity index (χ0) is 18.8. The molecule has 0 saturated heterocycles. The van der Waals surface area contributed by atoms with Gasteiger partial charge in [0.1, 0.15) is 0 Å². The highest BCUT2D eigenvalue weighted by atomic mass is 16.5. The van der Waals surface area contributed by atoms with E-state index < -0.39 is 0 Å². The Hall–Kier alpha value is -2.73. The molecule has 0 atom stereocenters. The number of rotatable bonds is 9. The van der Waals surface area contributed by atoms with Gasteiger partial charge in [0, 0.05) is 43.4 Å². The normalized spacial score (nSPS) is 10.6. The molecule has 0 unspecified atom stereocenters. The van der Waals surface area contributed by atoms with Crippen molar-refractivity contribution in [3.8, 4) is 0 Å². The van der Waals surface area contributed by atoms with E-state index in [1.54, 1.807) is 42.6 Å². The third-order valence-corrected chi connectivity index (χ3v) is 3.51. The topological polar surface area (TPSA) is 80.3 Å². The maximum Gasteiger partial charge on any atom is 0.257 e. The molecule has 0 radical (unpaired) electrons. The lowest BCUT2D eigenvalue weighted by Crippen LogP contribution is -2.25. The molecule has 26 heavy (non-hydrogen) atoms. The number of hydrogen-bond acceptors (Lipinski definition) is 4. The van der Waals surface area contributed by atoms with Gasteiger partial charge in [0.05, 0.1) is 5.56 Å². The van der Waals surface area contributed by atoms with Gasteiger partial charge in [0.25, 0.3) is 11.8 Å². The number of anilines is 1. The lowest BCUT2D eigenvalue weighted by atomic mass is 10.1. The number of nitrogens with one attached hydrogen (secondary N) is 2. The van der Waals surface area contributed by atoms with Crippen LogP contribution in [0.25, 0.3) is 0 Å². The van der Waals surface area contributed by atoms with Gasteiger partial charge in [0.15, 0.2) is 0 Å². The molecule has 2 amide bonds. The summed E-state index contributed by atoms with van der Waals surface area (Å²) in [5.41, 5.74) is 1.52. The van der Waals surface area contributed by atoms with E-state index in [2.05, 4.69) is 29.5 Å². The number of carbonyl (C=O) groups excluding carboxylic acids is 2. The second-order valence-electron chi connectivity index (χ2n) is 6.35. The van der Waals surface area contributed by atoms with Crippen LogP contribution < -0.4 is 10.6 Å². The van der Waals surface area contributed by atoms with Crippen molar-refractivity contribution in [2.24, 2.45) is 5.92 Å². The van der Waals surface area contributed by atoms with Gasteiger partial charge in [-0.05, 0) is 42.7 Å². The molecule has 6 heteroatoms. The molecule has 1 aromatic heterocycles. The minimum absolute atomic E-state index is 0.175. The molecule has 2 aromatic rings. The van der Waals surface area contributed by atoms with Gasteiger partial charge in [-0.25, -0.2) is 0 Å². The minimum atomic E-state index is -0.266. The third kappa shape index (κ3) is 6.64. The van der Waals surface area contributed by atoms with Crippen molar-refractivity contribution in [3.05, 3.63) is 59.9 Å². The lowest BCUT2D eigenvalue weighted by molar-refractivity contribution is 0.0924. The van der Waals surface area contributed by atoms with Crippen LogP contribution in [0.15, 0.2) is 48.8 Å². The Labute approximate surface area is 154 Å². The summed E-state index contributed by atoms with van der Waals surface area (Å²) in [6.07, 6.45) is 3.86. The standard InChI is InChI=1S/C20H25N3O3/c1-15(2)14-26-11-5-10-22-19(24)16-6-3-8-18(12-16)23-20(25)17-7-4-9-21-13-17/h3-4,6-9,12-13,15H,5,10-11,14H2,1-2H3,(H,22,24)(H,23,25). The molecular weight excluding hydrogens is 330 g/mol. The maximum absolute atomic E-state index is 12.2. The van der Waals surface area contributed by atoms with Crippen LogP contribution in [0.4, 0.5) is 5.69 Å². The highest BCUT2D eigenvalue weighted by Crippen LogP contribution is 2.12. The van der Waals surface area contributed by atoms with Crippen LogP contribution in [0.5, 0.6) is 0 Å². The predicted molar refractivity (Wildman–Crippen MR) is 101 cm³/mol. The Morgan fingerprint density at radius 3 is 2.65 bits per heavy atom. The summed E-state index contributed by atoms with van der Waals surface area (Å²) in [6.45, 7) is 6.10. The van der Waals surface area contributed by atoms with E-state index in [1.165, 1.54) is 6.20 Å². The van der Waals surface area contributed by atoms with E-state index in [9.17, 15) is 9.59 Å². The molecule has 138 valence electrons. The molecular formula is C20H25N3O3. The number of hydrogen-bond donors (Lipinski definition) is 2. The van der Waals surface area contributed by atoms with Crippen molar-refractivity contribution in [3.63, 3.8) is 0 Å². The van der Waals surface area contributed by atoms with Gasteiger partial charge >= 0.3 is 0 Å². The SMILES string of the molecule is CC(C)COCCCNC(=O)c1cccc(NC(=O)c2cccnc2)c1. The average Bonchev–Trinajstić information content (AvgIpc) is 2.65. The number of pyridine rings is 1. The number of aromatic nitrogens is 1. The fourth-order valence-electron chi connectivity index (χ4n) is 2.24. The lowest BCUT2D eigenvalue weighted by Gasteiger charge is -2.09. The van der Waals surface area contributed by atoms with E-state index in [4.69, 9.17) is 4.74 Å². The Morgan fingerprint density at radius 2 is 1.92 bits per heavy atom. The number of nitrogens with zero attached hydrogens (tertiary/aromatic N) is 1. The van der Waals surface area contributed by atoms with Crippen LogP contribution in [0.2, 0.25) is 0 Å². The van der Waals surface area contributed by atoms with Gasteiger partial charge in [-0.15, -0.1) is 0 Å². The zero-order valence-corrected chi connectivity index (χ0v) is 15.2. The summed E-state index contributed by atoms with van der Waals surface area (Å²) < 4.78 is 5.48. The van der Waals surface area contributed by atoms with Gasteiger partial charge in [0.2, 0.25) is 0 Å². The molecule has 0 aliphatic carbocycles. The molecule has 6 nitrogen and oxygen atoms in total. The molecule has 0 saturated carbocycles. The molecule has 1 heterocycles. The van der Waals surface area contributed by atoms with Crippen LogP contribution in [0.3, 0.4) is 0 Å². The van der Waals surface area contributed by atoms with E-state index in [0.29, 0.717) is 35.9 Å². The first kappa shape index (κ1) is 19.6. The molecule has 0 aliphatic rings. The van der Waals surface area contributed by atoms with Crippen LogP contribution >= 0.6 is 0 Å². The van der Waals surface area contributed by atoms with Crippen molar-refractivity contribution >= 4 is 17.5 Å². The molecule has 0 aliphatic heterocycles. The van der Waals surface area contributed by atoms with E-state index in [0.717, 1.165) is 13.0 Å². The largest absolute Gasteiger partial charge is 0.381 e. The highest BCUT2D eigenvalue weighted by molar-refractivity contribution is 6.04. The number of carbonyl (C=O) groups is 2. The summed E-state index contributed by atoms with van der Waals surface area (Å²) in [5, 5.41) is 5.63. The first-order chi connectivity index (χ1) is 12.6. The molecule has 0 fully saturated rings. The quantitative estimate of drug-likeness (QED) is 0.677. The van der Waals surface area contributed by atoms with E-state index >= 15 is 0 Å². The minimum Gasteiger partial charge on any atom is -0.381 e. The summed E-state index contributed by atoms with van der Waals surface area (Å²) in [7, 11) is 0. The first-order valence-corrected chi connectivity index (χ1v) is 8.73. The van der Waals surface area contributed by atoms with Gasteiger partial charge in [-0.2, -0.15) is 0 Å². The van der Waals surface area contributed by atoms with Crippen molar-refractivity contribution < 1.29 is 14.3 Å².